The van der Waals surface area contributed by atoms with Crippen LogP contribution in [0.5, 0.6) is 5.75 Å². The first kappa shape index (κ1) is 10.4. The number of hydrogen-bond acceptors (Lipinski definition) is 3. The second kappa shape index (κ2) is 3.81. The Bertz CT molecular complexity index is 347. The van der Waals surface area contributed by atoms with Crippen LogP contribution >= 0.6 is 0 Å². The standard InChI is InChI=1S/C12H18N2O/c1-12(4-5-12)11(13-2)9-6-10(15-3)8-14-7-9/h6-8,11,13H,4-5H2,1-3H3. The first-order valence-electron chi connectivity index (χ1n) is 5.36. The third-order valence-electron chi connectivity index (χ3n) is 3.33. The number of rotatable bonds is 4. The van der Waals surface area contributed by atoms with E-state index in [1.165, 1.54) is 18.4 Å². The number of pyridine rings is 1. The van der Waals surface area contributed by atoms with Gasteiger partial charge in [0.25, 0.3) is 0 Å². The summed E-state index contributed by atoms with van der Waals surface area (Å²) in [6, 6.07) is 2.46. The highest BCUT2D eigenvalue weighted by Gasteiger charge is 2.44. The van der Waals surface area contributed by atoms with Crippen LogP contribution in [0, 0.1) is 5.41 Å². The van der Waals surface area contributed by atoms with Gasteiger partial charge in [-0.1, -0.05) is 6.92 Å². The van der Waals surface area contributed by atoms with Crippen molar-refractivity contribution in [2.45, 2.75) is 25.8 Å². The fourth-order valence-corrected chi connectivity index (χ4v) is 2.11. The molecule has 1 saturated carbocycles. The molecule has 0 amide bonds. The van der Waals surface area contributed by atoms with Crippen LogP contribution in [-0.2, 0) is 0 Å². The molecule has 1 aromatic rings. The lowest BCUT2D eigenvalue weighted by atomic mass is 9.93. The summed E-state index contributed by atoms with van der Waals surface area (Å²) in [5.74, 6) is 0.831. The highest BCUT2D eigenvalue weighted by atomic mass is 16.5. The van der Waals surface area contributed by atoms with E-state index in [-0.39, 0.29) is 0 Å². The van der Waals surface area contributed by atoms with E-state index in [2.05, 4.69) is 23.3 Å². The van der Waals surface area contributed by atoms with Crippen LogP contribution < -0.4 is 10.1 Å². The summed E-state index contributed by atoms with van der Waals surface area (Å²) in [6.07, 6.45) is 6.24. The fourth-order valence-electron chi connectivity index (χ4n) is 2.11. The average molecular weight is 206 g/mol. The van der Waals surface area contributed by atoms with Gasteiger partial charge in [-0.3, -0.25) is 4.98 Å². The van der Waals surface area contributed by atoms with Crippen LogP contribution in [0.4, 0.5) is 0 Å². The lowest BCUT2D eigenvalue weighted by Gasteiger charge is -2.23. The zero-order valence-electron chi connectivity index (χ0n) is 9.58. The molecule has 0 aliphatic heterocycles. The minimum absolute atomic E-state index is 0.389. The monoisotopic (exact) mass is 206 g/mol. The molecule has 1 fully saturated rings. The zero-order valence-corrected chi connectivity index (χ0v) is 9.58. The summed E-state index contributed by atoms with van der Waals surface area (Å²) in [4.78, 5) is 4.20. The Morgan fingerprint density at radius 1 is 1.47 bits per heavy atom. The lowest BCUT2D eigenvalue weighted by molar-refractivity contribution is 0.382. The second-order valence-corrected chi connectivity index (χ2v) is 4.53. The Hall–Kier alpha value is -1.09. The van der Waals surface area contributed by atoms with E-state index < -0.39 is 0 Å². The molecular formula is C12H18N2O. The van der Waals surface area contributed by atoms with Gasteiger partial charge in [-0.2, -0.15) is 0 Å². The van der Waals surface area contributed by atoms with Crippen molar-refractivity contribution in [3.8, 4) is 5.75 Å². The molecule has 1 aromatic heterocycles. The van der Waals surface area contributed by atoms with Gasteiger partial charge in [-0.15, -0.1) is 0 Å². The van der Waals surface area contributed by atoms with Crippen molar-refractivity contribution >= 4 is 0 Å². The predicted molar refractivity (Wildman–Crippen MR) is 59.9 cm³/mol. The van der Waals surface area contributed by atoms with Gasteiger partial charge in [0.05, 0.1) is 13.3 Å². The highest BCUT2D eigenvalue weighted by Crippen LogP contribution is 2.54. The van der Waals surface area contributed by atoms with Crippen molar-refractivity contribution in [2.75, 3.05) is 14.2 Å². The zero-order chi connectivity index (χ0) is 10.9. The van der Waals surface area contributed by atoms with E-state index in [0.29, 0.717) is 11.5 Å². The summed E-state index contributed by atoms with van der Waals surface area (Å²) in [5, 5.41) is 3.38. The minimum Gasteiger partial charge on any atom is -0.495 e. The Morgan fingerprint density at radius 3 is 2.73 bits per heavy atom. The molecular weight excluding hydrogens is 188 g/mol. The lowest BCUT2D eigenvalue weighted by Crippen LogP contribution is -2.24. The van der Waals surface area contributed by atoms with Crippen LogP contribution in [-0.4, -0.2) is 19.1 Å². The number of methoxy groups -OCH3 is 1. The summed E-state index contributed by atoms with van der Waals surface area (Å²) in [6.45, 7) is 2.31. The molecule has 1 atom stereocenters. The maximum Gasteiger partial charge on any atom is 0.137 e. The van der Waals surface area contributed by atoms with Crippen molar-refractivity contribution in [1.82, 2.24) is 10.3 Å². The van der Waals surface area contributed by atoms with Crippen LogP contribution in [0.25, 0.3) is 0 Å². The van der Waals surface area contributed by atoms with Crippen molar-refractivity contribution in [3.05, 3.63) is 24.0 Å². The van der Waals surface area contributed by atoms with Gasteiger partial charge in [-0.25, -0.2) is 0 Å². The van der Waals surface area contributed by atoms with Crippen LogP contribution in [0.2, 0.25) is 0 Å². The van der Waals surface area contributed by atoms with Crippen LogP contribution in [0.15, 0.2) is 18.5 Å². The van der Waals surface area contributed by atoms with Gasteiger partial charge in [0.15, 0.2) is 0 Å². The van der Waals surface area contributed by atoms with Crippen LogP contribution in [0.1, 0.15) is 31.4 Å². The van der Waals surface area contributed by atoms with Gasteiger partial charge in [0.1, 0.15) is 5.75 Å². The summed E-state index contributed by atoms with van der Waals surface area (Å²) in [7, 11) is 3.68. The summed E-state index contributed by atoms with van der Waals surface area (Å²) < 4.78 is 5.19. The van der Waals surface area contributed by atoms with E-state index in [0.717, 1.165) is 5.75 Å². The van der Waals surface area contributed by atoms with Crippen molar-refractivity contribution in [3.63, 3.8) is 0 Å². The molecule has 0 saturated heterocycles. The quantitative estimate of drug-likeness (QED) is 0.819. The average Bonchev–Trinajstić information content (AvgIpc) is 2.98. The SMILES string of the molecule is CNC(c1cncc(OC)c1)C1(C)CC1. The van der Waals surface area contributed by atoms with Gasteiger partial charge in [-0.05, 0) is 36.9 Å². The van der Waals surface area contributed by atoms with E-state index in [1.807, 2.05) is 13.2 Å². The van der Waals surface area contributed by atoms with E-state index in [4.69, 9.17) is 4.74 Å². The molecule has 3 nitrogen and oxygen atoms in total. The molecule has 0 radical (unpaired) electrons. The molecule has 15 heavy (non-hydrogen) atoms. The molecule has 1 aliphatic rings. The number of aromatic nitrogens is 1. The third kappa shape index (κ3) is 1.97. The van der Waals surface area contributed by atoms with E-state index >= 15 is 0 Å². The van der Waals surface area contributed by atoms with Crippen LogP contribution in [0.3, 0.4) is 0 Å². The van der Waals surface area contributed by atoms with Crippen molar-refractivity contribution in [2.24, 2.45) is 5.41 Å². The molecule has 1 heterocycles. The first-order chi connectivity index (χ1) is 7.19. The van der Waals surface area contributed by atoms with E-state index in [9.17, 15) is 0 Å². The Morgan fingerprint density at radius 2 is 2.20 bits per heavy atom. The summed E-state index contributed by atoms with van der Waals surface area (Å²) >= 11 is 0. The molecule has 0 aromatic carbocycles. The Kier molecular flexibility index (Phi) is 2.65. The largest absolute Gasteiger partial charge is 0.495 e. The molecule has 0 bridgehead atoms. The van der Waals surface area contributed by atoms with Gasteiger partial charge in [0.2, 0.25) is 0 Å². The fraction of sp³-hybridized carbons (Fsp3) is 0.583. The minimum atomic E-state index is 0.389. The maximum absolute atomic E-state index is 5.19. The van der Waals surface area contributed by atoms with E-state index in [1.54, 1.807) is 13.3 Å². The molecule has 1 unspecified atom stereocenters. The van der Waals surface area contributed by atoms with Gasteiger partial charge >= 0.3 is 0 Å². The second-order valence-electron chi connectivity index (χ2n) is 4.53. The molecule has 2 rings (SSSR count). The molecule has 3 heteroatoms. The van der Waals surface area contributed by atoms with Crippen molar-refractivity contribution < 1.29 is 4.74 Å². The number of nitrogens with one attached hydrogen (secondary N) is 1. The van der Waals surface area contributed by atoms with Crippen molar-refractivity contribution in [1.29, 1.82) is 0 Å². The predicted octanol–water partition coefficient (Wildman–Crippen LogP) is 2.15. The highest BCUT2D eigenvalue weighted by molar-refractivity contribution is 5.28. The number of hydrogen-bond donors (Lipinski definition) is 1. The Balaban J connectivity index is 2.26. The Labute approximate surface area is 90.9 Å². The third-order valence-corrected chi connectivity index (χ3v) is 3.33. The molecule has 1 N–H and O–H groups in total. The topological polar surface area (TPSA) is 34.2 Å². The normalized spacial score (nSPS) is 19.7. The van der Waals surface area contributed by atoms with Gasteiger partial charge in [0, 0.05) is 12.2 Å². The number of ether oxygens (including phenoxy) is 1. The maximum atomic E-state index is 5.19. The molecule has 82 valence electrons. The summed E-state index contributed by atoms with van der Waals surface area (Å²) in [5.41, 5.74) is 1.62. The number of nitrogens with zero attached hydrogens (tertiary/aromatic N) is 1. The molecule has 1 aliphatic carbocycles. The van der Waals surface area contributed by atoms with Gasteiger partial charge < -0.3 is 10.1 Å². The smallest absolute Gasteiger partial charge is 0.137 e. The molecule has 0 spiro atoms. The first-order valence-corrected chi connectivity index (χ1v) is 5.36.